The molecule has 1 aromatic heterocycles. The van der Waals surface area contributed by atoms with E-state index in [1.54, 1.807) is 17.8 Å². The number of nitrogen functional groups attached to an aromatic ring is 1. The van der Waals surface area contributed by atoms with Crippen molar-refractivity contribution in [1.29, 1.82) is 5.41 Å². The molecule has 0 bridgehead atoms. The van der Waals surface area contributed by atoms with Gasteiger partial charge in [-0.15, -0.1) is 10.2 Å². The highest BCUT2D eigenvalue weighted by Gasteiger charge is 2.20. The summed E-state index contributed by atoms with van der Waals surface area (Å²) in [4.78, 5) is 0. The van der Waals surface area contributed by atoms with Crippen LogP contribution >= 0.6 is 11.8 Å². The molecule has 6 heteroatoms. The lowest BCUT2D eigenvalue weighted by Gasteiger charge is -2.24. The van der Waals surface area contributed by atoms with Gasteiger partial charge in [0.25, 0.3) is 0 Å². The molecule has 2 heterocycles. The van der Waals surface area contributed by atoms with Crippen molar-refractivity contribution >= 4 is 17.6 Å². The molecule has 0 unspecified atom stereocenters. The van der Waals surface area contributed by atoms with Crippen LogP contribution in [0.3, 0.4) is 0 Å². The largest absolute Gasteiger partial charge is 0.382 e. The van der Waals surface area contributed by atoms with Crippen molar-refractivity contribution in [2.75, 3.05) is 13.2 Å². The van der Waals surface area contributed by atoms with Gasteiger partial charge in [-0.3, -0.25) is 5.41 Å². The number of ether oxygens (including phenoxy) is 1. The van der Waals surface area contributed by atoms with E-state index >= 15 is 0 Å². The molecule has 0 spiro atoms. The molecule has 1 aromatic rings. The number of rotatable bonds is 3. The fourth-order valence-corrected chi connectivity index (χ4v) is 1.88. The Bertz CT molecular complexity index is 336. The molecule has 1 aliphatic heterocycles. The molecule has 0 aliphatic carbocycles. The number of hydrogen-bond acceptors (Lipinski definition) is 5. The number of aromatic nitrogens is 2. The average Bonchev–Trinajstić information content (AvgIpc) is 2.12. The van der Waals surface area contributed by atoms with Gasteiger partial charge in [-0.2, -0.15) is 0 Å². The monoisotopic (exact) mass is 210 g/mol. The van der Waals surface area contributed by atoms with Gasteiger partial charge in [0.05, 0.1) is 18.5 Å². The second kappa shape index (κ2) is 3.93. The van der Waals surface area contributed by atoms with Crippen LogP contribution in [0.1, 0.15) is 5.69 Å². The highest BCUT2D eigenvalue weighted by atomic mass is 32.2. The molecule has 1 aliphatic rings. The summed E-state index contributed by atoms with van der Waals surface area (Å²) in [5.74, 6) is -0.0546. The SMILES string of the molecule is N=C(N)c1ccc(SC2COC2)nn1. The maximum Gasteiger partial charge on any atom is 0.143 e. The fourth-order valence-electron chi connectivity index (χ4n) is 0.979. The minimum atomic E-state index is -0.0546. The van der Waals surface area contributed by atoms with Crippen molar-refractivity contribution < 1.29 is 4.74 Å². The van der Waals surface area contributed by atoms with Gasteiger partial charge in [-0.25, -0.2) is 0 Å². The van der Waals surface area contributed by atoms with Crippen molar-refractivity contribution in [1.82, 2.24) is 10.2 Å². The molecular formula is C8H10N4OS. The van der Waals surface area contributed by atoms with Crippen LogP contribution in [0.5, 0.6) is 0 Å². The Labute approximate surface area is 85.6 Å². The first-order valence-corrected chi connectivity index (χ1v) is 5.06. The van der Waals surface area contributed by atoms with E-state index in [9.17, 15) is 0 Å². The summed E-state index contributed by atoms with van der Waals surface area (Å²) in [6, 6.07) is 3.53. The minimum absolute atomic E-state index is 0.0546. The molecular weight excluding hydrogens is 200 g/mol. The predicted molar refractivity (Wildman–Crippen MR) is 53.5 cm³/mol. The van der Waals surface area contributed by atoms with Crippen LogP contribution in [0.4, 0.5) is 0 Å². The van der Waals surface area contributed by atoms with Crippen molar-refractivity contribution in [3.05, 3.63) is 17.8 Å². The molecule has 5 nitrogen and oxygen atoms in total. The van der Waals surface area contributed by atoms with E-state index in [4.69, 9.17) is 15.9 Å². The molecule has 1 fully saturated rings. The normalized spacial score (nSPS) is 16.3. The van der Waals surface area contributed by atoms with E-state index in [0.29, 0.717) is 10.9 Å². The lowest BCUT2D eigenvalue weighted by atomic mass is 10.4. The van der Waals surface area contributed by atoms with Gasteiger partial charge in [-0.05, 0) is 12.1 Å². The molecule has 0 amide bonds. The van der Waals surface area contributed by atoms with Crippen molar-refractivity contribution in [3.8, 4) is 0 Å². The molecule has 2 rings (SSSR count). The van der Waals surface area contributed by atoms with Crippen LogP contribution in [0.2, 0.25) is 0 Å². The quantitative estimate of drug-likeness (QED) is 0.552. The Morgan fingerprint density at radius 2 is 2.29 bits per heavy atom. The van der Waals surface area contributed by atoms with E-state index in [1.165, 1.54) is 0 Å². The molecule has 3 N–H and O–H groups in total. The van der Waals surface area contributed by atoms with Gasteiger partial charge >= 0.3 is 0 Å². The summed E-state index contributed by atoms with van der Waals surface area (Å²) in [7, 11) is 0. The van der Waals surface area contributed by atoms with Crippen molar-refractivity contribution in [2.45, 2.75) is 10.3 Å². The van der Waals surface area contributed by atoms with Crippen LogP contribution in [-0.4, -0.2) is 34.5 Å². The van der Waals surface area contributed by atoms with Crippen LogP contribution in [0.25, 0.3) is 0 Å². The predicted octanol–water partition coefficient (Wildman–Crippen LogP) is 0.252. The van der Waals surface area contributed by atoms with Gasteiger partial charge in [-0.1, -0.05) is 11.8 Å². The first-order chi connectivity index (χ1) is 6.75. The van der Waals surface area contributed by atoms with Crippen molar-refractivity contribution in [2.24, 2.45) is 5.73 Å². The van der Waals surface area contributed by atoms with Gasteiger partial charge in [0.2, 0.25) is 0 Å². The van der Waals surface area contributed by atoms with Gasteiger partial charge < -0.3 is 10.5 Å². The second-order valence-electron chi connectivity index (χ2n) is 2.95. The third kappa shape index (κ3) is 2.02. The highest BCUT2D eigenvalue weighted by molar-refractivity contribution is 8.00. The topological polar surface area (TPSA) is 84.9 Å². The third-order valence-electron chi connectivity index (χ3n) is 1.81. The standard InChI is InChI=1S/C8H10N4OS/c9-8(10)6-1-2-7(12-11-6)14-5-3-13-4-5/h1-2,5H,3-4H2,(H3,9,10). The number of nitrogens with two attached hydrogens (primary N) is 1. The molecule has 14 heavy (non-hydrogen) atoms. The molecule has 0 radical (unpaired) electrons. The van der Waals surface area contributed by atoms with Crippen LogP contribution in [0.15, 0.2) is 17.2 Å². The summed E-state index contributed by atoms with van der Waals surface area (Å²) >= 11 is 1.64. The number of nitrogens with zero attached hydrogens (tertiary/aromatic N) is 2. The van der Waals surface area contributed by atoms with E-state index in [0.717, 1.165) is 18.2 Å². The minimum Gasteiger partial charge on any atom is -0.382 e. The lowest BCUT2D eigenvalue weighted by Crippen LogP contribution is -2.30. The molecule has 1 saturated heterocycles. The van der Waals surface area contributed by atoms with Crippen LogP contribution in [-0.2, 0) is 4.74 Å². The van der Waals surface area contributed by atoms with E-state index < -0.39 is 0 Å². The number of nitrogens with one attached hydrogen (secondary N) is 1. The summed E-state index contributed by atoms with van der Waals surface area (Å²) in [6.07, 6.45) is 0. The van der Waals surface area contributed by atoms with Crippen LogP contribution in [0, 0.1) is 5.41 Å². The van der Waals surface area contributed by atoms with E-state index in [-0.39, 0.29) is 5.84 Å². The van der Waals surface area contributed by atoms with E-state index in [2.05, 4.69) is 10.2 Å². The molecule has 74 valence electrons. The maximum atomic E-state index is 7.14. The smallest absolute Gasteiger partial charge is 0.143 e. The van der Waals surface area contributed by atoms with Crippen LogP contribution < -0.4 is 5.73 Å². The summed E-state index contributed by atoms with van der Waals surface area (Å²) in [6.45, 7) is 1.56. The van der Waals surface area contributed by atoms with Gasteiger partial charge in [0.1, 0.15) is 16.6 Å². The molecule has 0 atom stereocenters. The fraction of sp³-hybridized carbons (Fsp3) is 0.375. The zero-order valence-corrected chi connectivity index (χ0v) is 8.25. The zero-order valence-electron chi connectivity index (χ0n) is 7.43. The van der Waals surface area contributed by atoms with Crippen molar-refractivity contribution in [3.63, 3.8) is 0 Å². The summed E-state index contributed by atoms with van der Waals surface area (Å²) < 4.78 is 5.05. The van der Waals surface area contributed by atoms with Gasteiger partial charge in [0, 0.05) is 0 Å². The second-order valence-corrected chi connectivity index (χ2v) is 4.27. The highest BCUT2D eigenvalue weighted by Crippen LogP contribution is 2.25. The maximum absolute atomic E-state index is 7.14. The zero-order chi connectivity index (χ0) is 9.97. The first kappa shape index (κ1) is 9.42. The Morgan fingerprint density at radius 1 is 1.50 bits per heavy atom. The third-order valence-corrected chi connectivity index (χ3v) is 2.88. The molecule has 0 aromatic carbocycles. The Morgan fingerprint density at radius 3 is 2.71 bits per heavy atom. The summed E-state index contributed by atoms with van der Waals surface area (Å²) in [5.41, 5.74) is 5.67. The number of amidine groups is 1. The Hall–Kier alpha value is -1.14. The number of hydrogen-bond donors (Lipinski definition) is 2. The Kier molecular flexibility index (Phi) is 2.64. The average molecular weight is 210 g/mol. The Balaban J connectivity index is 2.01. The lowest BCUT2D eigenvalue weighted by molar-refractivity contribution is 0.0454. The first-order valence-electron chi connectivity index (χ1n) is 4.18. The van der Waals surface area contributed by atoms with Gasteiger partial charge in [0.15, 0.2) is 0 Å². The van der Waals surface area contributed by atoms with E-state index in [1.807, 2.05) is 6.07 Å². The summed E-state index contributed by atoms with van der Waals surface area (Å²) in [5, 5.41) is 16.3. The molecule has 0 saturated carbocycles. The number of thioether (sulfide) groups is 1.